The fraction of sp³-hybridized carbons (Fsp3) is 0.111. The first-order valence-electron chi connectivity index (χ1n) is 3.31. The van der Waals surface area contributed by atoms with Gasteiger partial charge in [-0.1, -0.05) is 0 Å². The Morgan fingerprint density at radius 2 is 2.27 bits per heavy atom. The summed E-state index contributed by atoms with van der Waals surface area (Å²) in [5.74, 6) is 0. The van der Waals surface area contributed by atoms with Crippen LogP contribution in [0.3, 0.4) is 0 Å². The molecular formula is C9H9BrSe. The molecule has 0 nitrogen and oxygen atoms in total. The van der Waals surface area contributed by atoms with Crippen LogP contribution in [0.2, 0.25) is 0 Å². The summed E-state index contributed by atoms with van der Waals surface area (Å²) in [7, 11) is 0. The molecule has 58 valence electrons. The van der Waals surface area contributed by atoms with Crippen molar-refractivity contribution in [3.63, 3.8) is 0 Å². The first-order chi connectivity index (χ1) is 5.33. The van der Waals surface area contributed by atoms with Gasteiger partial charge in [0.25, 0.3) is 0 Å². The van der Waals surface area contributed by atoms with Gasteiger partial charge in [-0.3, -0.25) is 0 Å². The number of halogens is 1. The molecule has 0 amide bonds. The van der Waals surface area contributed by atoms with Crippen LogP contribution in [0.25, 0.3) is 0 Å². The van der Waals surface area contributed by atoms with Gasteiger partial charge >= 0.3 is 82.1 Å². The molecule has 1 rings (SSSR count). The maximum atomic E-state index is 3.26. The summed E-state index contributed by atoms with van der Waals surface area (Å²) in [5, 5.41) is 0. The van der Waals surface area contributed by atoms with Crippen molar-refractivity contribution < 1.29 is 0 Å². The SMILES string of the molecule is Cc1cccc([Se]/C=C/Br)c1. The van der Waals surface area contributed by atoms with Gasteiger partial charge in [-0.25, -0.2) is 0 Å². The van der Waals surface area contributed by atoms with Crippen LogP contribution in [0.1, 0.15) is 5.56 Å². The number of hydrogen-bond acceptors (Lipinski definition) is 0. The molecule has 0 unspecified atom stereocenters. The van der Waals surface area contributed by atoms with Crippen molar-refractivity contribution in [3.05, 3.63) is 39.8 Å². The minimum atomic E-state index is 0.482. The van der Waals surface area contributed by atoms with Crippen molar-refractivity contribution in [1.82, 2.24) is 0 Å². The average molecular weight is 276 g/mol. The zero-order chi connectivity index (χ0) is 8.10. The molecule has 2 heteroatoms. The Kier molecular flexibility index (Phi) is 3.92. The second kappa shape index (κ2) is 4.76. The van der Waals surface area contributed by atoms with Crippen LogP contribution >= 0.6 is 15.9 Å². The number of hydrogen-bond donors (Lipinski definition) is 0. The summed E-state index contributed by atoms with van der Waals surface area (Å²) in [5.41, 5.74) is 1.34. The molecule has 0 N–H and O–H groups in total. The van der Waals surface area contributed by atoms with E-state index in [1.807, 2.05) is 4.99 Å². The van der Waals surface area contributed by atoms with Gasteiger partial charge in [0.1, 0.15) is 0 Å². The van der Waals surface area contributed by atoms with E-state index in [2.05, 4.69) is 52.1 Å². The molecule has 0 aliphatic carbocycles. The topological polar surface area (TPSA) is 0 Å². The summed E-state index contributed by atoms with van der Waals surface area (Å²) in [6.07, 6.45) is 0. The molecule has 0 fully saturated rings. The van der Waals surface area contributed by atoms with Gasteiger partial charge < -0.3 is 0 Å². The normalized spacial score (nSPS) is 10.7. The Hall–Kier alpha value is -0.0405. The van der Waals surface area contributed by atoms with Crippen molar-refractivity contribution in [1.29, 1.82) is 0 Å². The molecular weight excluding hydrogens is 267 g/mol. The average Bonchev–Trinajstić information content (AvgIpc) is 2.01. The molecule has 0 radical (unpaired) electrons. The van der Waals surface area contributed by atoms with E-state index in [0.717, 1.165) is 0 Å². The summed E-state index contributed by atoms with van der Waals surface area (Å²) < 4.78 is 1.42. The first-order valence-corrected chi connectivity index (χ1v) is 6.07. The van der Waals surface area contributed by atoms with Gasteiger partial charge in [0.05, 0.1) is 0 Å². The summed E-state index contributed by atoms with van der Waals surface area (Å²) in [6, 6.07) is 8.62. The van der Waals surface area contributed by atoms with Gasteiger partial charge in [-0.2, -0.15) is 0 Å². The fourth-order valence-corrected chi connectivity index (χ4v) is 2.65. The Bertz CT molecular complexity index is 255. The van der Waals surface area contributed by atoms with Gasteiger partial charge in [-0.05, 0) is 0 Å². The molecule has 0 saturated heterocycles. The van der Waals surface area contributed by atoms with Gasteiger partial charge in [0, 0.05) is 0 Å². The molecule has 0 aromatic heterocycles. The Labute approximate surface area is 82.0 Å². The zero-order valence-corrected chi connectivity index (χ0v) is 9.55. The minimum absolute atomic E-state index is 0.482. The molecule has 0 spiro atoms. The van der Waals surface area contributed by atoms with Crippen LogP contribution in [-0.2, 0) is 0 Å². The number of aryl methyl sites for hydroxylation is 1. The molecule has 0 saturated carbocycles. The van der Waals surface area contributed by atoms with Gasteiger partial charge in [0.2, 0.25) is 0 Å². The van der Waals surface area contributed by atoms with Crippen LogP contribution in [0, 0.1) is 6.92 Å². The van der Waals surface area contributed by atoms with Crippen LogP contribution in [0.5, 0.6) is 0 Å². The molecule has 1 aromatic rings. The monoisotopic (exact) mass is 276 g/mol. The standard InChI is InChI=1S/C9H9BrSe/c1-8-3-2-4-9(7-8)11-6-5-10/h2-7H,1H3/b6-5+. The van der Waals surface area contributed by atoms with Crippen LogP contribution in [0.15, 0.2) is 34.2 Å². The third kappa shape index (κ3) is 3.24. The summed E-state index contributed by atoms with van der Waals surface area (Å²) >= 11 is 3.74. The Balaban J connectivity index is 2.71. The van der Waals surface area contributed by atoms with E-state index < -0.39 is 0 Å². The van der Waals surface area contributed by atoms with E-state index >= 15 is 0 Å². The van der Waals surface area contributed by atoms with E-state index in [4.69, 9.17) is 0 Å². The molecule has 0 aliphatic rings. The second-order valence-electron chi connectivity index (χ2n) is 2.20. The van der Waals surface area contributed by atoms with Crippen LogP contribution < -0.4 is 4.46 Å². The molecule has 11 heavy (non-hydrogen) atoms. The van der Waals surface area contributed by atoms with Gasteiger partial charge in [-0.15, -0.1) is 0 Å². The summed E-state index contributed by atoms with van der Waals surface area (Å²) in [6.45, 7) is 2.12. The second-order valence-corrected chi connectivity index (χ2v) is 4.78. The van der Waals surface area contributed by atoms with Crippen molar-refractivity contribution in [3.8, 4) is 0 Å². The number of rotatable bonds is 2. The van der Waals surface area contributed by atoms with Crippen LogP contribution in [-0.4, -0.2) is 15.0 Å². The molecule has 0 bridgehead atoms. The molecule has 1 aromatic carbocycles. The summed E-state index contributed by atoms with van der Waals surface area (Å²) in [4.78, 5) is 4.08. The quantitative estimate of drug-likeness (QED) is 0.726. The van der Waals surface area contributed by atoms with Crippen LogP contribution in [0.4, 0.5) is 0 Å². The maximum absolute atomic E-state index is 3.26. The molecule has 0 heterocycles. The number of benzene rings is 1. The molecule has 0 atom stereocenters. The zero-order valence-electron chi connectivity index (χ0n) is 6.25. The fourth-order valence-electron chi connectivity index (χ4n) is 0.793. The predicted molar refractivity (Wildman–Crippen MR) is 54.6 cm³/mol. The Morgan fingerprint density at radius 3 is 2.91 bits per heavy atom. The third-order valence-corrected chi connectivity index (χ3v) is 3.97. The predicted octanol–water partition coefficient (Wildman–Crippen LogP) is 2.19. The van der Waals surface area contributed by atoms with Crippen molar-refractivity contribution >= 4 is 35.3 Å². The third-order valence-electron chi connectivity index (χ3n) is 1.25. The van der Waals surface area contributed by atoms with Crippen molar-refractivity contribution in [2.75, 3.05) is 0 Å². The van der Waals surface area contributed by atoms with E-state index in [1.54, 1.807) is 0 Å². The van der Waals surface area contributed by atoms with Crippen molar-refractivity contribution in [2.24, 2.45) is 0 Å². The molecule has 0 aliphatic heterocycles. The van der Waals surface area contributed by atoms with E-state index in [0.29, 0.717) is 15.0 Å². The van der Waals surface area contributed by atoms with E-state index in [-0.39, 0.29) is 0 Å². The van der Waals surface area contributed by atoms with E-state index in [9.17, 15) is 0 Å². The van der Waals surface area contributed by atoms with E-state index in [1.165, 1.54) is 10.0 Å². The van der Waals surface area contributed by atoms with Crippen molar-refractivity contribution in [2.45, 2.75) is 6.92 Å². The van der Waals surface area contributed by atoms with Gasteiger partial charge in [0.15, 0.2) is 0 Å². The Morgan fingerprint density at radius 1 is 1.45 bits per heavy atom. The first kappa shape index (κ1) is 9.05.